The maximum absolute atomic E-state index is 13.0. The summed E-state index contributed by atoms with van der Waals surface area (Å²) in [6.07, 6.45) is 4.16. The van der Waals surface area contributed by atoms with Gasteiger partial charge in [0.2, 0.25) is 0 Å². The number of nitrogens with zero attached hydrogens (tertiary/aromatic N) is 2. The largest absolute Gasteiger partial charge is 0.394 e. The Labute approximate surface area is 99.7 Å². The van der Waals surface area contributed by atoms with Crippen molar-refractivity contribution in [1.82, 2.24) is 4.98 Å². The molecule has 0 spiro atoms. The molecule has 2 heterocycles. The molecule has 5 heteroatoms. The highest BCUT2D eigenvalue weighted by Gasteiger charge is 2.24. The minimum absolute atomic E-state index is 0.0204. The topological polar surface area (TPSA) is 56.6 Å². The fourth-order valence-electron chi connectivity index (χ4n) is 2.32. The zero-order valence-electron chi connectivity index (χ0n) is 9.64. The van der Waals surface area contributed by atoms with E-state index < -0.39 is 5.82 Å². The van der Waals surface area contributed by atoms with Gasteiger partial charge < -0.3 is 15.1 Å². The van der Waals surface area contributed by atoms with Crippen LogP contribution in [0.25, 0.3) is 0 Å². The standard InChI is InChI=1S/C12H17FN2O2/c13-10-5-9(7-16)12(14-6-10)15-4-2-1-3-11(15)8-17/h5-6,11,16-17H,1-4,7-8H2. The van der Waals surface area contributed by atoms with E-state index in [1.165, 1.54) is 6.07 Å². The smallest absolute Gasteiger partial charge is 0.142 e. The molecule has 0 bridgehead atoms. The molecule has 1 fully saturated rings. The Bertz CT molecular complexity index is 387. The van der Waals surface area contributed by atoms with E-state index in [9.17, 15) is 14.6 Å². The lowest BCUT2D eigenvalue weighted by molar-refractivity contribution is 0.237. The Balaban J connectivity index is 2.30. The first-order valence-corrected chi connectivity index (χ1v) is 5.89. The van der Waals surface area contributed by atoms with E-state index in [1.54, 1.807) is 0 Å². The van der Waals surface area contributed by atoms with E-state index in [2.05, 4.69) is 4.98 Å². The van der Waals surface area contributed by atoms with Gasteiger partial charge in [-0.1, -0.05) is 0 Å². The van der Waals surface area contributed by atoms with Gasteiger partial charge in [-0.05, 0) is 25.3 Å². The zero-order chi connectivity index (χ0) is 12.3. The van der Waals surface area contributed by atoms with Gasteiger partial charge in [0, 0.05) is 12.1 Å². The molecule has 0 aliphatic carbocycles. The van der Waals surface area contributed by atoms with Gasteiger partial charge in [0.25, 0.3) is 0 Å². The molecule has 1 aliphatic rings. The molecule has 2 N–H and O–H groups in total. The van der Waals surface area contributed by atoms with E-state index in [0.717, 1.165) is 32.0 Å². The number of rotatable bonds is 3. The van der Waals surface area contributed by atoms with E-state index in [1.807, 2.05) is 4.90 Å². The summed E-state index contributed by atoms with van der Waals surface area (Å²) in [6.45, 7) is 0.607. The highest BCUT2D eigenvalue weighted by molar-refractivity contribution is 5.48. The molecule has 0 amide bonds. The highest BCUT2D eigenvalue weighted by Crippen LogP contribution is 2.26. The van der Waals surface area contributed by atoms with Crippen molar-refractivity contribution in [2.24, 2.45) is 0 Å². The Morgan fingerprint density at radius 1 is 1.41 bits per heavy atom. The molecule has 0 radical (unpaired) electrons. The van der Waals surface area contributed by atoms with Gasteiger partial charge in [0.15, 0.2) is 0 Å². The van der Waals surface area contributed by atoms with Crippen LogP contribution >= 0.6 is 0 Å². The second kappa shape index (κ2) is 5.42. The van der Waals surface area contributed by atoms with Crippen molar-refractivity contribution in [2.45, 2.75) is 31.9 Å². The van der Waals surface area contributed by atoms with E-state index in [4.69, 9.17) is 0 Å². The lowest BCUT2D eigenvalue weighted by Gasteiger charge is -2.36. The summed E-state index contributed by atoms with van der Waals surface area (Å²) in [5.41, 5.74) is 0.477. The molecule has 94 valence electrons. The van der Waals surface area contributed by atoms with Gasteiger partial charge in [0.1, 0.15) is 11.6 Å². The van der Waals surface area contributed by atoms with E-state index >= 15 is 0 Å². The van der Waals surface area contributed by atoms with Gasteiger partial charge in [0.05, 0.1) is 25.5 Å². The molecular weight excluding hydrogens is 223 g/mol. The zero-order valence-corrected chi connectivity index (χ0v) is 9.64. The Morgan fingerprint density at radius 3 is 2.94 bits per heavy atom. The summed E-state index contributed by atoms with van der Waals surface area (Å²) >= 11 is 0. The van der Waals surface area contributed by atoms with Crippen LogP contribution < -0.4 is 4.90 Å². The van der Waals surface area contributed by atoms with Crippen molar-refractivity contribution in [3.63, 3.8) is 0 Å². The molecule has 1 aliphatic heterocycles. The number of anilines is 1. The van der Waals surface area contributed by atoms with E-state index in [-0.39, 0.29) is 19.3 Å². The number of aromatic nitrogens is 1. The van der Waals surface area contributed by atoms with Crippen molar-refractivity contribution in [2.75, 3.05) is 18.1 Å². The maximum Gasteiger partial charge on any atom is 0.142 e. The molecule has 1 saturated heterocycles. The summed E-state index contributed by atoms with van der Waals surface area (Å²) in [5.74, 6) is 0.142. The SMILES string of the molecule is OCc1cc(F)cnc1N1CCCCC1CO. The normalized spacial score (nSPS) is 20.6. The second-order valence-corrected chi connectivity index (χ2v) is 4.32. The first-order valence-electron chi connectivity index (χ1n) is 5.89. The molecule has 1 atom stereocenters. The molecule has 4 nitrogen and oxygen atoms in total. The van der Waals surface area contributed by atoms with Crippen molar-refractivity contribution in [3.8, 4) is 0 Å². The fraction of sp³-hybridized carbons (Fsp3) is 0.583. The molecule has 2 rings (SSSR count). The lowest BCUT2D eigenvalue weighted by Crippen LogP contribution is -2.43. The number of piperidine rings is 1. The molecule has 1 aromatic heterocycles. The van der Waals surface area contributed by atoms with Crippen molar-refractivity contribution >= 4 is 5.82 Å². The molecule has 0 saturated carbocycles. The highest BCUT2D eigenvalue weighted by atomic mass is 19.1. The van der Waals surface area contributed by atoms with Crippen molar-refractivity contribution in [3.05, 3.63) is 23.6 Å². The number of hydrogen-bond acceptors (Lipinski definition) is 4. The average molecular weight is 240 g/mol. The van der Waals surface area contributed by atoms with Crippen LogP contribution in [0, 0.1) is 5.82 Å². The summed E-state index contributed by atoms with van der Waals surface area (Å²) < 4.78 is 13.0. The van der Waals surface area contributed by atoms with Crippen LogP contribution in [0.15, 0.2) is 12.3 Å². The van der Waals surface area contributed by atoms with Gasteiger partial charge in [-0.25, -0.2) is 9.37 Å². The van der Waals surface area contributed by atoms with Crippen LogP contribution in [0.4, 0.5) is 10.2 Å². The predicted octanol–water partition coefficient (Wildman–Crippen LogP) is 1.06. The number of aliphatic hydroxyl groups excluding tert-OH is 2. The lowest BCUT2D eigenvalue weighted by atomic mass is 10.0. The van der Waals surface area contributed by atoms with Gasteiger partial charge in [-0.15, -0.1) is 0 Å². The molecular formula is C12H17FN2O2. The third-order valence-electron chi connectivity index (χ3n) is 3.19. The fourth-order valence-corrected chi connectivity index (χ4v) is 2.32. The van der Waals surface area contributed by atoms with Gasteiger partial charge >= 0.3 is 0 Å². The summed E-state index contributed by atoms with van der Waals surface area (Å²) in [4.78, 5) is 6.02. The van der Waals surface area contributed by atoms with E-state index in [0.29, 0.717) is 11.4 Å². The Kier molecular flexibility index (Phi) is 3.91. The van der Waals surface area contributed by atoms with Crippen LogP contribution in [0.3, 0.4) is 0 Å². The monoisotopic (exact) mass is 240 g/mol. The number of hydrogen-bond donors (Lipinski definition) is 2. The van der Waals surface area contributed by atoms with Crippen LogP contribution in [0.2, 0.25) is 0 Å². The first kappa shape index (κ1) is 12.3. The maximum atomic E-state index is 13.0. The molecule has 0 aromatic carbocycles. The number of halogens is 1. The summed E-state index contributed by atoms with van der Waals surface area (Å²) in [7, 11) is 0. The third-order valence-corrected chi connectivity index (χ3v) is 3.19. The number of pyridine rings is 1. The molecule has 1 unspecified atom stereocenters. The van der Waals surface area contributed by atoms with Crippen LogP contribution in [0.1, 0.15) is 24.8 Å². The van der Waals surface area contributed by atoms with Crippen molar-refractivity contribution in [1.29, 1.82) is 0 Å². The van der Waals surface area contributed by atoms with Crippen LogP contribution in [-0.4, -0.2) is 34.4 Å². The van der Waals surface area contributed by atoms with Crippen molar-refractivity contribution < 1.29 is 14.6 Å². The minimum Gasteiger partial charge on any atom is -0.394 e. The van der Waals surface area contributed by atoms with Crippen LogP contribution in [0.5, 0.6) is 0 Å². The molecule has 1 aromatic rings. The average Bonchev–Trinajstić information content (AvgIpc) is 2.38. The summed E-state index contributed by atoms with van der Waals surface area (Å²) in [6, 6.07) is 1.32. The minimum atomic E-state index is -0.449. The Hall–Kier alpha value is -1.20. The molecule has 17 heavy (non-hydrogen) atoms. The quantitative estimate of drug-likeness (QED) is 0.829. The first-order chi connectivity index (χ1) is 8.26. The Morgan fingerprint density at radius 2 is 2.24 bits per heavy atom. The summed E-state index contributed by atoms with van der Waals surface area (Å²) in [5, 5.41) is 18.6. The van der Waals surface area contributed by atoms with Gasteiger partial charge in [-0.3, -0.25) is 0 Å². The van der Waals surface area contributed by atoms with Crippen LogP contribution in [-0.2, 0) is 6.61 Å². The predicted molar refractivity (Wildman–Crippen MR) is 62.2 cm³/mol. The number of aliphatic hydroxyl groups is 2. The third kappa shape index (κ3) is 2.56. The van der Waals surface area contributed by atoms with Gasteiger partial charge in [-0.2, -0.15) is 0 Å². The second-order valence-electron chi connectivity index (χ2n) is 4.32.